The van der Waals surface area contributed by atoms with Gasteiger partial charge in [0.25, 0.3) is 0 Å². The number of aryl methyl sites for hydroxylation is 1. The lowest BCUT2D eigenvalue weighted by atomic mass is 10.1. The largest absolute Gasteiger partial charge is 0.380 e. The van der Waals surface area contributed by atoms with Gasteiger partial charge in [-0.15, -0.1) is 0 Å². The monoisotopic (exact) mass is 247 g/mol. The molecular formula is C16H25NO. The molecular weight excluding hydrogens is 222 g/mol. The van der Waals surface area contributed by atoms with Crippen LogP contribution < -0.4 is 0 Å². The van der Waals surface area contributed by atoms with E-state index >= 15 is 0 Å². The van der Waals surface area contributed by atoms with Crippen molar-refractivity contribution >= 4 is 5.70 Å². The van der Waals surface area contributed by atoms with E-state index < -0.39 is 0 Å². The van der Waals surface area contributed by atoms with Gasteiger partial charge in [0.2, 0.25) is 0 Å². The average Bonchev–Trinajstić information content (AvgIpc) is 2.90. The summed E-state index contributed by atoms with van der Waals surface area (Å²) in [6.07, 6.45) is 1.46. The van der Waals surface area contributed by atoms with Crippen molar-refractivity contribution in [3.63, 3.8) is 0 Å². The van der Waals surface area contributed by atoms with Crippen molar-refractivity contribution in [3.05, 3.63) is 42.0 Å². The minimum atomic E-state index is 0.363. The van der Waals surface area contributed by atoms with Gasteiger partial charge in [-0.25, -0.2) is 0 Å². The molecule has 0 aliphatic carbocycles. The van der Waals surface area contributed by atoms with Gasteiger partial charge in [0, 0.05) is 25.9 Å². The number of benzene rings is 1. The van der Waals surface area contributed by atoms with Crippen molar-refractivity contribution in [1.29, 1.82) is 0 Å². The lowest BCUT2D eigenvalue weighted by molar-refractivity contribution is 0.113. The summed E-state index contributed by atoms with van der Waals surface area (Å²) >= 11 is 0. The molecule has 2 nitrogen and oxygen atoms in total. The molecule has 0 radical (unpaired) electrons. The molecule has 1 fully saturated rings. The first-order valence-electron chi connectivity index (χ1n) is 6.74. The zero-order valence-corrected chi connectivity index (χ0v) is 12.1. The van der Waals surface area contributed by atoms with Crippen molar-refractivity contribution in [2.45, 2.75) is 33.3 Å². The highest BCUT2D eigenvalue weighted by atomic mass is 16.5. The van der Waals surface area contributed by atoms with Crippen LogP contribution >= 0.6 is 0 Å². The van der Waals surface area contributed by atoms with E-state index in [4.69, 9.17) is 4.74 Å². The van der Waals surface area contributed by atoms with Crippen LogP contribution in [0.5, 0.6) is 0 Å². The van der Waals surface area contributed by atoms with Gasteiger partial charge in [-0.1, -0.05) is 50.3 Å². The molecule has 0 N–H and O–H groups in total. The summed E-state index contributed by atoms with van der Waals surface area (Å²) in [5, 5.41) is 0. The Morgan fingerprint density at radius 3 is 2.39 bits per heavy atom. The highest BCUT2D eigenvalue weighted by Gasteiger charge is 2.23. The number of hydrogen-bond donors (Lipinski definition) is 0. The minimum Gasteiger partial charge on any atom is -0.380 e. The maximum Gasteiger partial charge on any atom is 0.0762 e. The van der Waals surface area contributed by atoms with Crippen molar-refractivity contribution in [2.24, 2.45) is 0 Å². The molecule has 0 spiro atoms. The third-order valence-electron chi connectivity index (χ3n) is 3.24. The molecule has 18 heavy (non-hydrogen) atoms. The van der Waals surface area contributed by atoms with Gasteiger partial charge >= 0.3 is 0 Å². The van der Waals surface area contributed by atoms with Crippen LogP contribution in [0.25, 0.3) is 5.70 Å². The Bertz CT molecular complexity index is 369. The van der Waals surface area contributed by atoms with Crippen LogP contribution in [0.2, 0.25) is 0 Å². The molecule has 1 unspecified atom stereocenters. The third kappa shape index (κ3) is 3.61. The number of nitrogens with zero attached hydrogens (tertiary/aromatic N) is 1. The predicted octanol–water partition coefficient (Wildman–Crippen LogP) is 3.71. The smallest absolute Gasteiger partial charge is 0.0762 e. The van der Waals surface area contributed by atoms with E-state index in [1.54, 1.807) is 7.11 Å². The first-order chi connectivity index (χ1) is 8.70. The summed E-state index contributed by atoms with van der Waals surface area (Å²) in [5.41, 5.74) is 3.61. The predicted molar refractivity (Wildman–Crippen MR) is 78.5 cm³/mol. The molecule has 1 heterocycles. The van der Waals surface area contributed by atoms with Crippen LogP contribution in [0.1, 0.15) is 31.4 Å². The highest BCUT2D eigenvalue weighted by Crippen LogP contribution is 2.23. The fourth-order valence-corrected chi connectivity index (χ4v) is 2.09. The fourth-order valence-electron chi connectivity index (χ4n) is 2.09. The second kappa shape index (κ2) is 7.22. The van der Waals surface area contributed by atoms with Crippen LogP contribution in [-0.2, 0) is 4.74 Å². The van der Waals surface area contributed by atoms with E-state index in [1.807, 2.05) is 13.8 Å². The molecule has 0 bridgehead atoms. The topological polar surface area (TPSA) is 12.5 Å². The average molecular weight is 247 g/mol. The molecule has 1 aliphatic heterocycles. The Morgan fingerprint density at radius 1 is 1.28 bits per heavy atom. The third-order valence-corrected chi connectivity index (χ3v) is 3.24. The molecule has 0 aromatic heterocycles. The normalized spacial score (nSPS) is 18.2. The highest BCUT2D eigenvalue weighted by molar-refractivity contribution is 5.62. The van der Waals surface area contributed by atoms with Crippen LogP contribution in [-0.4, -0.2) is 31.2 Å². The molecule has 2 rings (SSSR count). The lowest BCUT2D eigenvalue weighted by Crippen LogP contribution is -2.20. The zero-order chi connectivity index (χ0) is 13.5. The summed E-state index contributed by atoms with van der Waals surface area (Å²) in [6, 6.07) is 8.53. The Balaban J connectivity index is 0.000000771. The Labute approximate surface area is 111 Å². The van der Waals surface area contributed by atoms with Gasteiger partial charge in [-0.3, -0.25) is 0 Å². The fraction of sp³-hybridized carbons (Fsp3) is 0.500. The summed E-state index contributed by atoms with van der Waals surface area (Å²) in [7, 11) is 1.78. The molecule has 100 valence electrons. The number of hydrogen-bond acceptors (Lipinski definition) is 2. The zero-order valence-electron chi connectivity index (χ0n) is 12.1. The summed E-state index contributed by atoms with van der Waals surface area (Å²) in [4.78, 5) is 2.30. The van der Waals surface area contributed by atoms with E-state index in [9.17, 15) is 0 Å². The van der Waals surface area contributed by atoms with Crippen molar-refractivity contribution in [2.75, 3.05) is 20.2 Å². The van der Waals surface area contributed by atoms with Crippen LogP contribution in [0.15, 0.2) is 30.8 Å². The maximum atomic E-state index is 5.36. The maximum absolute atomic E-state index is 5.36. The second-order valence-corrected chi connectivity index (χ2v) is 4.41. The summed E-state index contributed by atoms with van der Waals surface area (Å²) in [6.45, 7) is 12.3. The number of ether oxygens (including phenoxy) is 1. The number of rotatable bonds is 3. The SMILES string of the molecule is C=C(c1ccc(C)cc1)N1CCC(OC)C1.CC. The Hall–Kier alpha value is -1.28. The Kier molecular flexibility index (Phi) is 5.93. The standard InChI is InChI=1S/C14H19NO.C2H6/c1-11-4-6-13(7-5-11)12(2)15-9-8-14(10-15)16-3;1-2/h4-7,14H,2,8-10H2,1,3H3;1-2H3. The van der Waals surface area contributed by atoms with Gasteiger partial charge in [-0.05, 0) is 18.9 Å². The van der Waals surface area contributed by atoms with Gasteiger partial charge in [0.05, 0.1) is 6.10 Å². The van der Waals surface area contributed by atoms with E-state index in [0.717, 1.165) is 25.2 Å². The molecule has 1 aromatic carbocycles. The van der Waals surface area contributed by atoms with E-state index in [0.29, 0.717) is 6.10 Å². The first kappa shape index (κ1) is 14.8. The molecule has 1 aliphatic rings. The van der Waals surface area contributed by atoms with Crippen LogP contribution in [0.4, 0.5) is 0 Å². The first-order valence-corrected chi connectivity index (χ1v) is 6.74. The van der Waals surface area contributed by atoms with Crippen molar-refractivity contribution in [3.8, 4) is 0 Å². The van der Waals surface area contributed by atoms with Crippen molar-refractivity contribution < 1.29 is 4.74 Å². The molecule has 0 saturated carbocycles. The van der Waals surface area contributed by atoms with Crippen molar-refractivity contribution in [1.82, 2.24) is 4.90 Å². The summed E-state index contributed by atoms with van der Waals surface area (Å²) < 4.78 is 5.36. The van der Waals surface area contributed by atoms with Gasteiger partial charge in [-0.2, -0.15) is 0 Å². The van der Waals surface area contributed by atoms with E-state index in [2.05, 4.69) is 42.7 Å². The summed E-state index contributed by atoms with van der Waals surface area (Å²) in [5.74, 6) is 0. The van der Waals surface area contributed by atoms with Crippen LogP contribution in [0.3, 0.4) is 0 Å². The number of likely N-dealkylation sites (tertiary alicyclic amines) is 1. The lowest BCUT2D eigenvalue weighted by Gasteiger charge is -2.21. The number of methoxy groups -OCH3 is 1. The van der Waals surface area contributed by atoms with Gasteiger partial charge < -0.3 is 9.64 Å². The minimum absolute atomic E-state index is 0.363. The quantitative estimate of drug-likeness (QED) is 0.807. The van der Waals surface area contributed by atoms with Crippen LogP contribution in [0, 0.1) is 6.92 Å². The molecule has 1 aromatic rings. The molecule has 2 heteroatoms. The van der Waals surface area contributed by atoms with E-state index in [1.165, 1.54) is 11.1 Å². The Morgan fingerprint density at radius 2 is 1.89 bits per heavy atom. The van der Waals surface area contributed by atoms with Gasteiger partial charge in [0.15, 0.2) is 0 Å². The van der Waals surface area contributed by atoms with Gasteiger partial charge in [0.1, 0.15) is 0 Å². The molecule has 1 atom stereocenters. The van der Waals surface area contributed by atoms with E-state index in [-0.39, 0.29) is 0 Å². The molecule has 1 saturated heterocycles. The molecule has 0 amide bonds. The second-order valence-electron chi connectivity index (χ2n) is 4.41.